The van der Waals surface area contributed by atoms with E-state index in [0.29, 0.717) is 11.4 Å². The highest BCUT2D eigenvalue weighted by Gasteiger charge is 2.17. The number of carbonyl (C=O) groups is 1. The first kappa shape index (κ1) is 17.2. The molecular formula is C13H17N3O3S4. The summed E-state index contributed by atoms with van der Waals surface area (Å²) in [5, 5.41) is 8.79. The van der Waals surface area contributed by atoms with E-state index in [1.165, 1.54) is 17.4 Å². The van der Waals surface area contributed by atoms with Crippen LogP contribution in [0.4, 0.5) is 0 Å². The SMILES string of the molecule is NS(=O)(=O)c1cc2cc(C(=O)NCCN3CCSCC3)sc2s1. The van der Waals surface area contributed by atoms with Crippen LogP contribution in [0.1, 0.15) is 9.67 Å². The van der Waals surface area contributed by atoms with Crippen LogP contribution in [0.5, 0.6) is 0 Å². The van der Waals surface area contributed by atoms with E-state index in [2.05, 4.69) is 10.2 Å². The Hall–Kier alpha value is -0.650. The molecule has 10 heteroatoms. The van der Waals surface area contributed by atoms with Crippen LogP contribution in [0.2, 0.25) is 0 Å². The molecule has 1 fully saturated rings. The van der Waals surface area contributed by atoms with E-state index in [9.17, 15) is 13.2 Å². The van der Waals surface area contributed by atoms with Gasteiger partial charge in [-0.15, -0.1) is 22.7 Å². The molecule has 126 valence electrons. The molecule has 6 nitrogen and oxygen atoms in total. The Kier molecular flexibility index (Phi) is 5.29. The summed E-state index contributed by atoms with van der Waals surface area (Å²) in [5.74, 6) is 2.20. The molecule has 2 aromatic rings. The van der Waals surface area contributed by atoms with Crippen molar-refractivity contribution in [3.63, 3.8) is 0 Å². The number of fused-ring (bicyclic) bond motifs is 1. The molecule has 2 aromatic heterocycles. The molecule has 0 saturated carbocycles. The zero-order valence-electron chi connectivity index (χ0n) is 12.3. The van der Waals surface area contributed by atoms with Gasteiger partial charge in [0.2, 0.25) is 10.0 Å². The van der Waals surface area contributed by atoms with E-state index < -0.39 is 10.0 Å². The van der Waals surface area contributed by atoms with Crippen molar-refractivity contribution in [3.05, 3.63) is 17.0 Å². The summed E-state index contributed by atoms with van der Waals surface area (Å²) >= 11 is 4.37. The number of nitrogens with zero attached hydrogens (tertiary/aromatic N) is 1. The maximum absolute atomic E-state index is 12.2. The standard InChI is InChI=1S/C13H17N3O3S4/c14-23(18,19)11-8-9-7-10(21-13(9)22-11)12(17)15-1-2-16-3-5-20-6-4-16/h7-8H,1-6H2,(H,15,17)(H2,14,18,19). The number of primary sulfonamides is 1. The molecule has 1 aliphatic heterocycles. The minimum Gasteiger partial charge on any atom is -0.350 e. The van der Waals surface area contributed by atoms with Gasteiger partial charge in [-0.05, 0) is 12.1 Å². The monoisotopic (exact) mass is 391 g/mol. The van der Waals surface area contributed by atoms with E-state index in [1.807, 2.05) is 11.8 Å². The molecule has 3 N–H and O–H groups in total. The van der Waals surface area contributed by atoms with Crippen molar-refractivity contribution in [2.45, 2.75) is 4.21 Å². The van der Waals surface area contributed by atoms with Crippen molar-refractivity contribution >= 4 is 59.8 Å². The van der Waals surface area contributed by atoms with Crippen LogP contribution in [-0.2, 0) is 10.0 Å². The highest BCUT2D eigenvalue weighted by Crippen LogP contribution is 2.35. The number of nitrogens with two attached hydrogens (primary N) is 1. The predicted octanol–water partition coefficient (Wildman–Crippen LogP) is 1.39. The molecule has 1 aliphatic rings. The van der Waals surface area contributed by atoms with Gasteiger partial charge in [0.15, 0.2) is 0 Å². The molecule has 0 atom stereocenters. The normalized spacial score (nSPS) is 16.7. The molecule has 0 aromatic carbocycles. The van der Waals surface area contributed by atoms with Gasteiger partial charge in [0.25, 0.3) is 5.91 Å². The number of nitrogens with one attached hydrogen (secondary N) is 1. The second-order valence-electron chi connectivity index (χ2n) is 5.17. The van der Waals surface area contributed by atoms with Gasteiger partial charge in [0.05, 0.1) is 8.89 Å². The van der Waals surface area contributed by atoms with E-state index in [-0.39, 0.29) is 10.1 Å². The minimum absolute atomic E-state index is 0.109. The van der Waals surface area contributed by atoms with Crippen LogP contribution in [0.3, 0.4) is 0 Å². The van der Waals surface area contributed by atoms with E-state index in [1.54, 1.807) is 6.07 Å². The van der Waals surface area contributed by atoms with Gasteiger partial charge in [-0.1, -0.05) is 0 Å². The zero-order valence-corrected chi connectivity index (χ0v) is 15.5. The fraction of sp³-hybridized carbons (Fsp3) is 0.462. The van der Waals surface area contributed by atoms with Crippen LogP contribution in [0.15, 0.2) is 16.3 Å². The topological polar surface area (TPSA) is 92.5 Å². The number of hydrogen-bond donors (Lipinski definition) is 2. The molecule has 23 heavy (non-hydrogen) atoms. The van der Waals surface area contributed by atoms with Gasteiger partial charge < -0.3 is 5.32 Å². The molecule has 1 saturated heterocycles. The highest BCUT2D eigenvalue weighted by atomic mass is 32.2. The van der Waals surface area contributed by atoms with Gasteiger partial charge >= 0.3 is 0 Å². The smallest absolute Gasteiger partial charge is 0.261 e. The summed E-state index contributed by atoms with van der Waals surface area (Å²) in [6.45, 7) is 3.64. The molecular weight excluding hydrogens is 374 g/mol. The summed E-state index contributed by atoms with van der Waals surface area (Å²) in [5.41, 5.74) is 0. The van der Waals surface area contributed by atoms with Crippen molar-refractivity contribution in [2.24, 2.45) is 5.14 Å². The molecule has 1 amide bonds. The summed E-state index contributed by atoms with van der Waals surface area (Å²) in [7, 11) is -3.68. The van der Waals surface area contributed by atoms with Crippen LogP contribution >= 0.6 is 34.4 Å². The molecule has 3 rings (SSSR count). The lowest BCUT2D eigenvalue weighted by Crippen LogP contribution is -2.39. The molecule has 0 radical (unpaired) electrons. The number of sulfonamides is 1. The lowest BCUT2D eigenvalue weighted by atomic mass is 10.3. The Balaban J connectivity index is 1.59. The largest absolute Gasteiger partial charge is 0.350 e. The van der Waals surface area contributed by atoms with Crippen molar-refractivity contribution in [3.8, 4) is 0 Å². The fourth-order valence-corrected chi connectivity index (χ4v) is 6.55. The number of amides is 1. The zero-order chi connectivity index (χ0) is 16.4. The number of thiophene rings is 2. The summed E-state index contributed by atoms with van der Waals surface area (Å²) in [6.07, 6.45) is 0. The van der Waals surface area contributed by atoms with Gasteiger partial charge in [-0.3, -0.25) is 9.69 Å². The average molecular weight is 392 g/mol. The third kappa shape index (κ3) is 4.25. The Labute approximate surface area is 147 Å². The Morgan fingerprint density at radius 2 is 2.00 bits per heavy atom. The maximum Gasteiger partial charge on any atom is 0.261 e. The van der Waals surface area contributed by atoms with Crippen molar-refractivity contribution in [1.82, 2.24) is 10.2 Å². The van der Waals surface area contributed by atoms with Crippen molar-refractivity contribution in [2.75, 3.05) is 37.7 Å². The Bertz CT molecular complexity index is 774. The predicted molar refractivity (Wildman–Crippen MR) is 97.2 cm³/mol. The molecule has 0 unspecified atom stereocenters. The fourth-order valence-electron chi connectivity index (χ4n) is 2.31. The second kappa shape index (κ2) is 7.08. The first-order valence-electron chi connectivity index (χ1n) is 7.08. The summed E-state index contributed by atoms with van der Waals surface area (Å²) < 4.78 is 23.6. The third-order valence-electron chi connectivity index (χ3n) is 3.51. The third-order valence-corrected chi connectivity index (χ3v) is 8.27. The molecule has 0 bridgehead atoms. The lowest BCUT2D eigenvalue weighted by molar-refractivity contribution is 0.0953. The number of thioether (sulfide) groups is 1. The van der Waals surface area contributed by atoms with Crippen LogP contribution in [0, 0.1) is 0 Å². The first-order valence-corrected chi connectivity index (χ1v) is 11.4. The molecule has 0 aliphatic carbocycles. The molecule has 0 spiro atoms. The van der Waals surface area contributed by atoms with E-state index in [4.69, 9.17) is 5.14 Å². The van der Waals surface area contributed by atoms with Crippen LogP contribution in [0.25, 0.3) is 9.40 Å². The van der Waals surface area contributed by atoms with E-state index in [0.717, 1.165) is 51.9 Å². The van der Waals surface area contributed by atoms with E-state index >= 15 is 0 Å². The van der Waals surface area contributed by atoms with Gasteiger partial charge in [0.1, 0.15) is 4.21 Å². The summed E-state index contributed by atoms with van der Waals surface area (Å²) in [6, 6.07) is 3.24. The first-order chi connectivity index (χ1) is 10.9. The highest BCUT2D eigenvalue weighted by molar-refractivity contribution is 7.99. The number of carbonyl (C=O) groups excluding carboxylic acids is 1. The van der Waals surface area contributed by atoms with Crippen molar-refractivity contribution in [1.29, 1.82) is 0 Å². The number of hydrogen-bond acceptors (Lipinski definition) is 7. The Morgan fingerprint density at radius 3 is 2.65 bits per heavy atom. The average Bonchev–Trinajstić information content (AvgIpc) is 3.06. The lowest BCUT2D eigenvalue weighted by Gasteiger charge is -2.25. The van der Waals surface area contributed by atoms with Crippen LogP contribution < -0.4 is 10.5 Å². The van der Waals surface area contributed by atoms with Gasteiger partial charge in [-0.25, -0.2) is 13.6 Å². The molecule has 3 heterocycles. The van der Waals surface area contributed by atoms with Gasteiger partial charge in [-0.2, -0.15) is 11.8 Å². The quantitative estimate of drug-likeness (QED) is 0.803. The number of rotatable bonds is 5. The maximum atomic E-state index is 12.2. The Morgan fingerprint density at radius 1 is 1.26 bits per heavy atom. The summed E-state index contributed by atoms with van der Waals surface area (Å²) in [4.78, 5) is 15.1. The van der Waals surface area contributed by atoms with Crippen molar-refractivity contribution < 1.29 is 13.2 Å². The van der Waals surface area contributed by atoms with Crippen LogP contribution in [-0.4, -0.2) is 56.9 Å². The van der Waals surface area contributed by atoms with Gasteiger partial charge in [0, 0.05) is 43.1 Å². The second-order valence-corrected chi connectivity index (χ2v) is 10.5. The minimum atomic E-state index is -3.68.